The number of halogens is 1. The van der Waals surface area contributed by atoms with Gasteiger partial charge in [-0.05, 0) is 79.2 Å². The van der Waals surface area contributed by atoms with Crippen molar-refractivity contribution in [1.82, 2.24) is 0 Å². The van der Waals surface area contributed by atoms with E-state index in [2.05, 4.69) is 109 Å². The van der Waals surface area contributed by atoms with Crippen molar-refractivity contribution in [2.75, 3.05) is 0 Å². The van der Waals surface area contributed by atoms with Crippen LogP contribution < -0.4 is 0 Å². The summed E-state index contributed by atoms with van der Waals surface area (Å²) in [6.07, 6.45) is 0. The molecule has 0 aromatic heterocycles. The lowest BCUT2D eigenvalue weighted by Crippen LogP contribution is -2.15. The smallest absolute Gasteiger partial charge is 0.0991 e. The highest BCUT2D eigenvalue weighted by atomic mass is 79.9. The molecule has 0 saturated carbocycles. The number of hydrogen-bond acceptors (Lipinski definition) is 1. The second kappa shape index (κ2) is 6.79. The first-order valence-corrected chi connectivity index (χ1v) is 11.6. The van der Waals surface area contributed by atoms with Crippen molar-refractivity contribution < 1.29 is 0 Å². The standard InChI is InChI=1S/C30H20BrN/c1-30(2)25-15-24(19-13-11-18(17-32)12-14-19)20-7-3-5-9-22(20)28(25)29-23-10-6-4-8-21(23)27(31)16-26(29)30/h3-16H,1-2H3. The summed E-state index contributed by atoms with van der Waals surface area (Å²) in [7, 11) is 0. The molecule has 1 nitrogen and oxygen atoms in total. The van der Waals surface area contributed by atoms with E-state index in [1.807, 2.05) is 12.1 Å². The van der Waals surface area contributed by atoms with Gasteiger partial charge in [-0.2, -0.15) is 5.26 Å². The van der Waals surface area contributed by atoms with Crippen molar-refractivity contribution >= 4 is 37.5 Å². The Bertz CT molecular complexity index is 1600. The van der Waals surface area contributed by atoms with Crippen LogP contribution in [0.4, 0.5) is 0 Å². The third-order valence-corrected chi connectivity index (χ3v) is 7.62. The van der Waals surface area contributed by atoms with Crippen LogP contribution in [0.3, 0.4) is 0 Å². The topological polar surface area (TPSA) is 23.8 Å². The van der Waals surface area contributed by atoms with E-state index in [9.17, 15) is 5.26 Å². The molecule has 152 valence electrons. The van der Waals surface area contributed by atoms with Crippen LogP contribution >= 0.6 is 15.9 Å². The van der Waals surface area contributed by atoms with Gasteiger partial charge in [-0.15, -0.1) is 0 Å². The van der Waals surface area contributed by atoms with Crippen LogP contribution in [0.2, 0.25) is 0 Å². The van der Waals surface area contributed by atoms with Gasteiger partial charge in [0.05, 0.1) is 11.6 Å². The molecular weight excluding hydrogens is 454 g/mol. The molecule has 2 heteroatoms. The fourth-order valence-electron chi connectivity index (χ4n) is 5.34. The summed E-state index contributed by atoms with van der Waals surface area (Å²) < 4.78 is 1.14. The first-order chi connectivity index (χ1) is 15.5. The molecule has 0 aliphatic heterocycles. The van der Waals surface area contributed by atoms with Crippen LogP contribution in [0.1, 0.15) is 30.5 Å². The highest BCUT2D eigenvalue weighted by molar-refractivity contribution is 9.10. The van der Waals surface area contributed by atoms with Gasteiger partial charge in [-0.3, -0.25) is 0 Å². The highest BCUT2D eigenvalue weighted by Crippen LogP contribution is 2.56. The lowest BCUT2D eigenvalue weighted by Gasteiger charge is -2.23. The SMILES string of the molecule is CC1(C)c2cc(Br)c3ccccc3c2-c2c1cc(-c1ccc(C#N)cc1)c1ccccc21. The van der Waals surface area contributed by atoms with Crippen molar-refractivity contribution in [2.24, 2.45) is 0 Å². The molecule has 1 aliphatic carbocycles. The van der Waals surface area contributed by atoms with Gasteiger partial charge in [0.25, 0.3) is 0 Å². The van der Waals surface area contributed by atoms with Crippen molar-refractivity contribution in [2.45, 2.75) is 19.3 Å². The molecule has 0 amide bonds. The molecule has 32 heavy (non-hydrogen) atoms. The summed E-state index contributed by atoms with van der Waals surface area (Å²) >= 11 is 3.84. The third-order valence-electron chi connectivity index (χ3n) is 6.96. The fraction of sp³-hybridized carbons (Fsp3) is 0.100. The summed E-state index contributed by atoms with van der Waals surface area (Å²) in [4.78, 5) is 0. The predicted octanol–water partition coefficient (Wildman–Crippen LogP) is 8.60. The van der Waals surface area contributed by atoms with Gasteiger partial charge < -0.3 is 0 Å². The molecule has 0 radical (unpaired) electrons. The molecule has 0 saturated heterocycles. The normalized spacial score (nSPS) is 13.7. The molecule has 0 spiro atoms. The first-order valence-electron chi connectivity index (χ1n) is 10.8. The minimum absolute atomic E-state index is 0.122. The molecule has 0 bridgehead atoms. The Balaban J connectivity index is 1.77. The molecule has 0 heterocycles. The van der Waals surface area contributed by atoms with Gasteiger partial charge in [0.2, 0.25) is 0 Å². The molecule has 1 aliphatic rings. The number of benzene rings is 5. The average Bonchev–Trinajstić information content (AvgIpc) is 3.06. The molecule has 0 N–H and O–H groups in total. The molecule has 0 atom stereocenters. The molecular formula is C30H20BrN. The quantitative estimate of drug-likeness (QED) is 0.239. The summed E-state index contributed by atoms with van der Waals surface area (Å²) in [6, 6.07) is 32.2. The van der Waals surface area contributed by atoms with E-state index in [0.717, 1.165) is 10.0 Å². The maximum Gasteiger partial charge on any atom is 0.0991 e. The Morgan fingerprint density at radius 1 is 0.688 bits per heavy atom. The monoisotopic (exact) mass is 473 g/mol. The number of nitriles is 1. The second-order valence-corrected chi connectivity index (χ2v) is 9.89. The zero-order chi connectivity index (χ0) is 22.0. The minimum Gasteiger partial charge on any atom is -0.192 e. The van der Waals surface area contributed by atoms with Crippen LogP contribution in [0.5, 0.6) is 0 Å². The Labute approximate surface area is 196 Å². The van der Waals surface area contributed by atoms with Crippen LogP contribution in [0.15, 0.2) is 89.4 Å². The van der Waals surface area contributed by atoms with Crippen LogP contribution in [-0.4, -0.2) is 0 Å². The average molecular weight is 474 g/mol. The largest absolute Gasteiger partial charge is 0.192 e. The minimum atomic E-state index is -0.122. The molecule has 6 rings (SSSR count). The number of hydrogen-bond donors (Lipinski definition) is 0. The first kappa shape index (κ1) is 19.3. The lowest BCUT2D eigenvalue weighted by atomic mass is 9.80. The lowest BCUT2D eigenvalue weighted by molar-refractivity contribution is 0.661. The van der Waals surface area contributed by atoms with Gasteiger partial charge in [-0.1, -0.05) is 90.4 Å². The van der Waals surface area contributed by atoms with Gasteiger partial charge in [-0.25, -0.2) is 0 Å². The summed E-state index contributed by atoms with van der Waals surface area (Å²) in [5, 5.41) is 14.3. The summed E-state index contributed by atoms with van der Waals surface area (Å²) in [5.41, 5.74) is 8.34. The van der Waals surface area contributed by atoms with Gasteiger partial charge in [0.1, 0.15) is 0 Å². The van der Waals surface area contributed by atoms with E-state index < -0.39 is 0 Å². The molecule has 5 aromatic rings. The van der Waals surface area contributed by atoms with E-state index in [0.29, 0.717) is 5.56 Å². The Kier molecular flexibility index (Phi) is 4.09. The summed E-state index contributed by atoms with van der Waals surface area (Å²) in [6.45, 7) is 4.66. The van der Waals surface area contributed by atoms with Gasteiger partial charge in [0.15, 0.2) is 0 Å². The van der Waals surface area contributed by atoms with Crippen molar-refractivity contribution in [3.05, 3.63) is 106 Å². The molecule has 5 aromatic carbocycles. The van der Waals surface area contributed by atoms with E-state index in [1.165, 1.54) is 49.4 Å². The summed E-state index contributed by atoms with van der Waals surface area (Å²) in [5.74, 6) is 0. The predicted molar refractivity (Wildman–Crippen MR) is 137 cm³/mol. The maximum atomic E-state index is 9.22. The highest BCUT2D eigenvalue weighted by Gasteiger charge is 2.38. The number of fused-ring (bicyclic) bond motifs is 7. The Morgan fingerprint density at radius 3 is 1.84 bits per heavy atom. The fourth-order valence-corrected chi connectivity index (χ4v) is 5.91. The molecule has 0 unspecified atom stereocenters. The number of rotatable bonds is 1. The van der Waals surface area contributed by atoms with Crippen LogP contribution in [0.25, 0.3) is 43.8 Å². The Hall–Kier alpha value is -3.41. The van der Waals surface area contributed by atoms with Crippen molar-refractivity contribution in [3.8, 4) is 28.3 Å². The van der Waals surface area contributed by atoms with Gasteiger partial charge >= 0.3 is 0 Å². The van der Waals surface area contributed by atoms with E-state index in [-0.39, 0.29) is 5.41 Å². The van der Waals surface area contributed by atoms with Crippen LogP contribution in [-0.2, 0) is 5.41 Å². The Morgan fingerprint density at radius 2 is 1.22 bits per heavy atom. The van der Waals surface area contributed by atoms with Crippen molar-refractivity contribution in [1.29, 1.82) is 5.26 Å². The van der Waals surface area contributed by atoms with Crippen molar-refractivity contribution in [3.63, 3.8) is 0 Å². The zero-order valence-corrected chi connectivity index (χ0v) is 19.5. The second-order valence-electron chi connectivity index (χ2n) is 9.03. The molecule has 0 fully saturated rings. The van der Waals surface area contributed by atoms with E-state index >= 15 is 0 Å². The van der Waals surface area contributed by atoms with Gasteiger partial charge in [0, 0.05) is 9.89 Å². The van der Waals surface area contributed by atoms with E-state index in [1.54, 1.807) is 0 Å². The maximum absolute atomic E-state index is 9.22. The number of nitrogens with zero attached hydrogens (tertiary/aromatic N) is 1. The van der Waals surface area contributed by atoms with Crippen LogP contribution in [0, 0.1) is 11.3 Å². The third kappa shape index (κ3) is 2.55. The van der Waals surface area contributed by atoms with E-state index in [4.69, 9.17) is 0 Å². The zero-order valence-electron chi connectivity index (χ0n) is 17.9.